The van der Waals surface area contributed by atoms with Crippen molar-refractivity contribution in [1.82, 2.24) is 15.2 Å². The summed E-state index contributed by atoms with van der Waals surface area (Å²) >= 11 is 0. The van der Waals surface area contributed by atoms with Crippen LogP contribution in [-0.2, 0) is 14.3 Å². The van der Waals surface area contributed by atoms with Crippen molar-refractivity contribution in [3.63, 3.8) is 0 Å². The van der Waals surface area contributed by atoms with Gasteiger partial charge in [0.15, 0.2) is 5.96 Å². The van der Waals surface area contributed by atoms with Crippen LogP contribution in [0.25, 0.3) is 0 Å². The summed E-state index contributed by atoms with van der Waals surface area (Å²) in [5, 5.41) is 6.19. The summed E-state index contributed by atoms with van der Waals surface area (Å²) in [5.74, 6) is 1.38. The highest BCUT2D eigenvalue weighted by Crippen LogP contribution is 2.18. The second-order valence-electron chi connectivity index (χ2n) is 8.21. The maximum Gasteiger partial charge on any atom is 0.227 e. The molecule has 0 bridgehead atoms. The van der Waals surface area contributed by atoms with Gasteiger partial charge in [-0.2, -0.15) is 0 Å². The zero-order valence-corrected chi connectivity index (χ0v) is 18.9. The largest absolute Gasteiger partial charge is 0.376 e. The Morgan fingerprint density at radius 2 is 2.13 bits per heavy atom. The van der Waals surface area contributed by atoms with Crippen LogP contribution in [0.2, 0.25) is 0 Å². The minimum atomic E-state index is -0.0743. The van der Waals surface area contributed by atoms with E-state index in [1.54, 1.807) is 6.07 Å². The number of likely N-dealkylation sites (tertiary alicyclic amines) is 1. The first-order valence-electron chi connectivity index (χ1n) is 11.6. The first-order valence-corrected chi connectivity index (χ1v) is 11.6. The molecule has 0 radical (unpaired) electrons. The second-order valence-corrected chi connectivity index (χ2v) is 8.21. The topological polar surface area (TPSA) is 88.1 Å². The first-order chi connectivity index (χ1) is 15.1. The molecule has 2 saturated heterocycles. The lowest BCUT2D eigenvalue weighted by molar-refractivity contribution is -0.116. The molecule has 0 spiro atoms. The number of amides is 1. The van der Waals surface area contributed by atoms with Crippen molar-refractivity contribution in [3.8, 4) is 0 Å². The average molecular weight is 432 g/mol. The Morgan fingerprint density at radius 3 is 2.84 bits per heavy atom. The SMILES string of the molecule is CCNC(=NCCC(=O)Nc1cccc(C)n1)N1CCC(OCC2CCCCO2)CC1. The molecule has 3 heterocycles. The standard InChI is InChI=1S/C23H37N5O3/c1-3-24-23(25-13-10-22(29)27-21-9-6-7-18(2)26-21)28-14-11-19(12-15-28)31-17-20-8-4-5-16-30-20/h6-7,9,19-20H,3-5,8,10-17H2,1-2H3,(H,24,25)(H,26,27,29). The highest BCUT2D eigenvalue weighted by atomic mass is 16.5. The van der Waals surface area contributed by atoms with Crippen LogP contribution in [0, 0.1) is 6.92 Å². The van der Waals surface area contributed by atoms with E-state index in [-0.39, 0.29) is 18.1 Å². The van der Waals surface area contributed by atoms with Gasteiger partial charge >= 0.3 is 0 Å². The number of anilines is 1. The summed E-state index contributed by atoms with van der Waals surface area (Å²) in [6, 6.07) is 5.58. The summed E-state index contributed by atoms with van der Waals surface area (Å²) in [5.41, 5.74) is 0.879. The average Bonchev–Trinajstić information content (AvgIpc) is 2.78. The van der Waals surface area contributed by atoms with Crippen LogP contribution in [0.1, 0.15) is 51.1 Å². The molecule has 1 unspecified atom stereocenters. The van der Waals surface area contributed by atoms with Crippen LogP contribution in [0.5, 0.6) is 0 Å². The summed E-state index contributed by atoms with van der Waals surface area (Å²) in [6.07, 6.45) is 6.38. The van der Waals surface area contributed by atoms with E-state index in [0.717, 1.165) is 57.2 Å². The third kappa shape index (κ3) is 8.10. The van der Waals surface area contributed by atoms with Gasteiger partial charge in [-0.25, -0.2) is 4.98 Å². The number of nitrogens with zero attached hydrogens (tertiary/aromatic N) is 3. The molecule has 1 atom stereocenters. The predicted octanol–water partition coefficient (Wildman–Crippen LogP) is 2.73. The number of aliphatic imine (C=N–C) groups is 1. The molecule has 3 rings (SSSR count). The van der Waals surface area contributed by atoms with E-state index >= 15 is 0 Å². The molecule has 2 fully saturated rings. The van der Waals surface area contributed by atoms with Crippen molar-refractivity contribution in [3.05, 3.63) is 23.9 Å². The lowest BCUT2D eigenvalue weighted by Crippen LogP contribution is -2.47. The molecule has 1 aromatic rings. The third-order valence-electron chi connectivity index (χ3n) is 5.62. The monoisotopic (exact) mass is 431 g/mol. The van der Waals surface area contributed by atoms with Crippen LogP contribution < -0.4 is 10.6 Å². The molecule has 8 heteroatoms. The van der Waals surface area contributed by atoms with Gasteiger partial charge in [0.1, 0.15) is 5.82 Å². The van der Waals surface area contributed by atoms with Crippen molar-refractivity contribution >= 4 is 17.7 Å². The van der Waals surface area contributed by atoms with Gasteiger partial charge in [-0.1, -0.05) is 6.07 Å². The zero-order chi connectivity index (χ0) is 21.9. The van der Waals surface area contributed by atoms with E-state index in [2.05, 4.69) is 32.4 Å². The molecular weight excluding hydrogens is 394 g/mol. The van der Waals surface area contributed by atoms with Crippen molar-refractivity contribution < 1.29 is 14.3 Å². The molecule has 1 aromatic heterocycles. The number of carbonyl (C=O) groups is 1. The minimum absolute atomic E-state index is 0.0743. The number of rotatable bonds is 8. The second kappa shape index (κ2) is 12.6. The molecule has 0 saturated carbocycles. The lowest BCUT2D eigenvalue weighted by Gasteiger charge is -2.35. The number of pyridine rings is 1. The highest BCUT2D eigenvalue weighted by Gasteiger charge is 2.23. The molecule has 1 amide bonds. The minimum Gasteiger partial charge on any atom is -0.376 e. The Balaban J connectivity index is 1.40. The van der Waals surface area contributed by atoms with E-state index in [9.17, 15) is 4.79 Å². The van der Waals surface area contributed by atoms with E-state index in [1.165, 1.54) is 12.8 Å². The Kier molecular flexibility index (Phi) is 9.55. The molecule has 172 valence electrons. The quantitative estimate of drug-likeness (QED) is 0.486. The van der Waals surface area contributed by atoms with Gasteiger partial charge in [-0.15, -0.1) is 0 Å². The first kappa shape index (κ1) is 23.5. The highest BCUT2D eigenvalue weighted by molar-refractivity contribution is 5.90. The Labute approximate surface area is 185 Å². The molecule has 0 aliphatic carbocycles. The number of nitrogens with one attached hydrogen (secondary N) is 2. The van der Waals surface area contributed by atoms with Crippen molar-refractivity contribution in [2.24, 2.45) is 4.99 Å². The van der Waals surface area contributed by atoms with Gasteiger partial charge in [0, 0.05) is 38.4 Å². The fraction of sp³-hybridized carbons (Fsp3) is 0.696. The Hall–Kier alpha value is -2.19. The summed E-state index contributed by atoms with van der Waals surface area (Å²) < 4.78 is 11.9. The van der Waals surface area contributed by atoms with Gasteiger partial charge in [0.2, 0.25) is 5.91 Å². The van der Waals surface area contributed by atoms with E-state index < -0.39 is 0 Å². The molecule has 2 N–H and O–H groups in total. The fourth-order valence-corrected chi connectivity index (χ4v) is 3.92. The molecule has 31 heavy (non-hydrogen) atoms. The zero-order valence-electron chi connectivity index (χ0n) is 18.9. The number of piperidine rings is 1. The Bertz CT molecular complexity index is 713. The van der Waals surface area contributed by atoms with Gasteiger partial charge in [0.05, 0.1) is 25.4 Å². The number of hydrogen-bond acceptors (Lipinski definition) is 5. The van der Waals surface area contributed by atoms with Gasteiger partial charge < -0.3 is 25.0 Å². The van der Waals surface area contributed by atoms with Crippen LogP contribution in [0.3, 0.4) is 0 Å². The lowest BCUT2D eigenvalue weighted by atomic mass is 10.1. The van der Waals surface area contributed by atoms with Crippen molar-refractivity contribution in [2.75, 3.05) is 44.7 Å². The van der Waals surface area contributed by atoms with Gasteiger partial charge in [-0.05, 0) is 58.1 Å². The van der Waals surface area contributed by atoms with Crippen LogP contribution in [-0.4, -0.2) is 73.4 Å². The van der Waals surface area contributed by atoms with E-state index in [4.69, 9.17) is 9.47 Å². The molecule has 2 aliphatic rings. The summed E-state index contributed by atoms with van der Waals surface area (Å²) in [4.78, 5) is 23.4. The molecular formula is C23H37N5O3. The maximum atomic E-state index is 12.2. The summed E-state index contributed by atoms with van der Waals surface area (Å²) in [7, 11) is 0. The molecule has 0 aromatic carbocycles. The number of guanidine groups is 1. The number of aromatic nitrogens is 1. The number of ether oxygens (including phenoxy) is 2. The molecule has 8 nitrogen and oxygen atoms in total. The van der Waals surface area contributed by atoms with Crippen LogP contribution in [0.4, 0.5) is 5.82 Å². The fourth-order valence-electron chi connectivity index (χ4n) is 3.92. The predicted molar refractivity (Wildman–Crippen MR) is 122 cm³/mol. The van der Waals surface area contributed by atoms with Gasteiger partial charge in [-0.3, -0.25) is 9.79 Å². The number of hydrogen-bond donors (Lipinski definition) is 2. The van der Waals surface area contributed by atoms with Crippen molar-refractivity contribution in [1.29, 1.82) is 0 Å². The van der Waals surface area contributed by atoms with Crippen LogP contribution in [0.15, 0.2) is 23.2 Å². The summed E-state index contributed by atoms with van der Waals surface area (Å²) in [6.45, 7) is 8.59. The third-order valence-corrected chi connectivity index (χ3v) is 5.62. The smallest absolute Gasteiger partial charge is 0.227 e. The van der Waals surface area contributed by atoms with E-state index in [0.29, 0.717) is 25.4 Å². The number of aryl methyl sites for hydroxylation is 1. The van der Waals surface area contributed by atoms with Crippen molar-refractivity contribution in [2.45, 2.75) is 64.6 Å². The van der Waals surface area contributed by atoms with Gasteiger partial charge in [0.25, 0.3) is 0 Å². The van der Waals surface area contributed by atoms with Crippen LogP contribution >= 0.6 is 0 Å². The molecule has 2 aliphatic heterocycles. The normalized spacial score (nSPS) is 20.5. The maximum absolute atomic E-state index is 12.2. The van der Waals surface area contributed by atoms with E-state index in [1.807, 2.05) is 19.1 Å². The Morgan fingerprint density at radius 1 is 1.29 bits per heavy atom. The number of carbonyl (C=O) groups excluding carboxylic acids is 1.